The molecule has 2 aliphatic rings. The highest BCUT2D eigenvalue weighted by molar-refractivity contribution is 4.95. The lowest BCUT2D eigenvalue weighted by molar-refractivity contribution is -0.0498. The molecule has 1 heterocycles. The van der Waals surface area contributed by atoms with Crippen molar-refractivity contribution in [1.82, 2.24) is 5.32 Å². The molecule has 0 bridgehead atoms. The van der Waals surface area contributed by atoms with Gasteiger partial charge in [-0.1, -0.05) is 6.42 Å². The molecule has 1 aliphatic heterocycles. The molecule has 2 rings (SSSR count). The highest BCUT2D eigenvalue weighted by atomic mass is 16.5. The third-order valence-electron chi connectivity index (χ3n) is 4.62. The van der Waals surface area contributed by atoms with Crippen LogP contribution >= 0.6 is 0 Å². The molecule has 2 heteroatoms. The van der Waals surface area contributed by atoms with Gasteiger partial charge in [-0.2, -0.15) is 0 Å². The highest BCUT2D eigenvalue weighted by Gasteiger charge is 2.42. The maximum Gasteiger partial charge on any atom is 0.0631 e. The van der Waals surface area contributed by atoms with Gasteiger partial charge in [-0.3, -0.25) is 0 Å². The monoisotopic (exact) mass is 253 g/mol. The largest absolute Gasteiger partial charge is 0.372 e. The molecular weight excluding hydrogens is 222 g/mol. The Balaban J connectivity index is 1.85. The first-order valence-corrected chi connectivity index (χ1v) is 7.63. The molecule has 1 aliphatic carbocycles. The first-order chi connectivity index (χ1) is 8.20. The van der Waals surface area contributed by atoms with E-state index < -0.39 is 0 Å². The van der Waals surface area contributed by atoms with E-state index in [1.54, 1.807) is 0 Å². The third kappa shape index (κ3) is 3.71. The summed E-state index contributed by atoms with van der Waals surface area (Å²) in [4.78, 5) is 0. The van der Waals surface area contributed by atoms with E-state index in [-0.39, 0.29) is 11.1 Å². The number of nitrogens with one attached hydrogen (secondary N) is 1. The van der Waals surface area contributed by atoms with Crippen LogP contribution in [0.3, 0.4) is 0 Å². The molecule has 18 heavy (non-hydrogen) atoms. The van der Waals surface area contributed by atoms with Crippen LogP contribution in [0.25, 0.3) is 0 Å². The van der Waals surface area contributed by atoms with Gasteiger partial charge >= 0.3 is 0 Å². The zero-order valence-corrected chi connectivity index (χ0v) is 12.9. The van der Waals surface area contributed by atoms with E-state index >= 15 is 0 Å². The first-order valence-electron chi connectivity index (χ1n) is 7.63. The van der Waals surface area contributed by atoms with Crippen molar-refractivity contribution >= 4 is 0 Å². The van der Waals surface area contributed by atoms with Gasteiger partial charge < -0.3 is 10.1 Å². The SMILES string of the molecule is CC(C)(C)NCC1(CC2CCC(C)(C)O2)CCC1. The lowest BCUT2D eigenvalue weighted by Gasteiger charge is -2.45. The number of hydrogen-bond donors (Lipinski definition) is 1. The van der Waals surface area contributed by atoms with Crippen LogP contribution in [0.15, 0.2) is 0 Å². The summed E-state index contributed by atoms with van der Waals surface area (Å²) < 4.78 is 6.18. The van der Waals surface area contributed by atoms with E-state index in [1.165, 1.54) is 38.5 Å². The minimum absolute atomic E-state index is 0.118. The van der Waals surface area contributed by atoms with E-state index in [2.05, 4.69) is 39.9 Å². The normalized spacial score (nSPS) is 30.2. The molecule has 2 fully saturated rings. The van der Waals surface area contributed by atoms with Gasteiger partial charge in [-0.05, 0) is 72.1 Å². The molecule has 1 unspecified atom stereocenters. The van der Waals surface area contributed by atoms with Crippen LogP contribution in [0.5, 0.6) is 0 Å². The van der Waals surface area contributed by atoms with Gasteiger partial charge in [0.15, 0.2) is 0 Å². The summed E-state index contributed by atoms with van der Waals surface area (Å²) in [5.41, 5.74) is 0.879. The van der Waals surface area contributed by atoms with Crippen molar-refractivity contribution < 1.29 is 4.74 Å². The zero-order valence-electron chi connectivity index (χ0n) is 12.9. The summed E-state index contributed by atoms with van der Waals surface area (Å²) in [6.07, 6.45) is 8.42. The summed E-state index contributed by atoms with van der Waals surface area (Å²) in [6.45, 7) is 12.4. The van der Waals surface area contributed by atoms with Gasteiger partial charge in [0.1, 0.15) is 0 Å². The molecule has 2 nitrogen and oxygen atoms in total. The van der Waals surface area contributed by atoms with Crippen molar-refractivity contribution in [3.63, 3.8) is 0 Å². The first kappa shape index (κ1) is 14.3. The molecule has 106 valence electrons. The fourth-order valence-corrected chi connectivity index (χ4v) is 3.29. The molecule has 0 radical (unpaired) electrons. The summed E-state index contributed by atoms with van der Waals surface area (Å²) in [7, 11) is 0. The van der Waals surface area contributed by atoms with Crippen molar-refractivity contribution in [2.45, 2.75) is 90.4 Å². The van der Waals surface area contributed by atoms with Gasteiger partial charge in [0.2, 0.25) is 0 Å². The average molecular weight is 253 g/mol. The van der Waals surface area contributed by atoms with Gasteiger partial charge in [0.05, 0.1) is 11.7 Å². The molecule has 1 N–H and O–H groups in total. The Kier molecular flexibility index (Phi) is 3.81. The maximum absolute atomic E-state index is 6.18. The van der Waals surface area contributed by atoms with Crippen molar-refractivity contribution in [1.29, 1.82) is 0 Å². The molecular formula is C16H31NO. The van der Waals surface area contributed by atoms with Crippen LogP contribution in [0.1, 0.15) is 73.1 Å². The second kappa shape index (κ2) is 4.79. The second-order valence-electron chi connectivity index (χ2n) is 8.20. The van der Waals surface area contributed by atoms with Crippen LogP contribution in [0.4, 0.5) is 0 Å². The van der Waals surface area contributed by atoms with Gasteiger partial charge in [-0.25, -0.2) is 0 Å². The summed E-state index contributed by atoms with van der Waals surface area (Å²) in [6, 6.07) is 0. The van der Waals surface area contributed by atoms with Gasteiger partial charge in [0.25, 0.3) is 0 Å². The molecule has 1 atom stereocenters. The second-order valence-corrected chi connectivity index (χ2v) is 8.20. The van der Waals surface area contributed by atoms with Gasteiger partial charge in [0, 0.05) is 12.1 Å². The van der Waals surface area contributed by atoms with Crippen LogP contribution in [-0.4, -0.2) is 23.8 Å². The zero-order chi connectivity index (χ0) is 13.4. The van der Waals surface area contributed by atoms with Crippen LogP contribution in [0, 0.1) is 5.41 Å². The Bertz CT molecular complexity index is 286. The minimum Gasteiger partial charge on any atom is -0.372 e. The molecule has 1 saturated carbocycles. The van der Waals surface area contributed by atoms with Crippen LogP contribution in [-0.2, 0) is 4.74 Å². The van der Waals surface area contributed by atoms with Crippen LogP contribution < -0.4 is 5.32 Å². The maximum atomic E-state index is 6.18. The fourth-order valence-electron chi connectivity index (χ4n) is 3.29. The number of hydrogen-bond acceptors (Lipinski definition) is 2. The number of ether oxygens (including phenoxy) is 1. The number of rotatable bonds is 4. The average Bonchev–Trinajstić information content (AvgIpc) is 2.48. The summed E-state index contributed by atoms with van der Waals surface area (Å²) in [5.74, 6) is 0. The Morgan fingerprint density at radius 1 is 1.17 bits per heavy atom. The third-order valence-corrected chi connectivity index (χ3v) is 4.62. The molecule has 0 aromatic heterocycles. The molecule has 0 aromatic rings. The molecule has 1 saturated heterocycles. The highest BCUT2D eigenvalue weighted by Crippen LogP contribution is 2.47. The van der Waals surface area contributed by atoms with Crippen molar-refractivity contribution in [3.05, 3.63) is 0 Å². The Hall–Kier alpha value is -0.0800. The van der Waals surface area contributed by atoms with E-state index in [9.17, 15) is 0 Å². The molecule has 0 aromatic carbocycles. The minimum atomic E-state index is 0.118. The standard InChI is InChI=1S/C16H31NO/c1-14(2,3)17-12-16(8-6-9-16)11-13-7-10-15(4,5)18-13/h13,17H,6-12H2,1-5H3. The predicted octanol–water partition coefficient (Wildman–Crippen LogP) is 3.89. The topological polar surface area (TPSA) is 21.3 Å². The lowest BCUT2D eigenvalue weighted by atomic mass is 9.65. The summed E-state index contributed by atoms with van der Waals surface area (Å²) >= 11 is 0. The van der Waals surface area contributed by atoms with Crippen molar-refractivity contribution in [2.24, 2.45) is 5.41 Å². The van der Waals surface area contributed by atoms with E-state index in [4.69, 9.17) is 4.74 Å². The van der Waals surface area contributed by atoms with Gasteiger partial charge in [-0.15, -0.1) is 0 Å². The van der Waals surface area contributed by atoms with Crippen LogP contribution in [0.2, 0.25) is 0 Å². The Morgan fingerprint density at radius 3 is 2.22 bits per heavy atom. The van der Waals surface area contributed by atoms with Crippen molar-refractivity contribution in [2.75, 3.05) is 6.54 Å². The van der Waals surface area contributed by atoms with E-state index in [0.29, 0.717) is 11.5 Å². The Labute approximate surface area is 113 Å². The predicted molar refractivity (Wildman–Crippen MR) is 76.8 cm³/mol. The lowest BCUT2D eigenvalue weighted by Crippen LogP contribution is -2.48. The smallest absolute Gasteiger partial charge is 0.0631 e. The molecule has 0 spiro atoms. The van der Waals surface area contributed by atoms with Crippen molar-refractivity contribution in [3.8, 4) is 0 Å². The van der Waals surface area contributed by atoms with E-state index in [1.807, 2.05) is 0 Å². The Morgan fingerprint density at radius 2 is 1.83 bits per heavy atom. The summed E-state index contributed by atoms with van der Waals surface area (Å²) in [5, 5.41) is 3.70. The van der Waals surface area contributed by atoms with E-state index in [0.717, 1.165) is 6.54 Å². The quantitative estimate of drug-likeness (QED) is 0.820. The molecule has 0 amide bonds. The fraction of sp³-hybridized carbons (Fsp3) is 1.00.